The van der Waals surface area contributed by atoms with Crippen molar-refractivity contribution in [2.75, 3.05) is 12.1 Å². The minimum atomic E-state index is -1.08. The fraction of sp³-hybridized carbons (Fsp3) is 0.667. The maximum absolute atomic E-state index is 10.9. The number of hydrogen-bond acceptors (Lipinski definition) is 8. The van der Waals surface area contributed by atoms with Crippen LogP contribution in [0.5, 0.6) is 0 Å². The largest absolute Gasteiger partial charge is 0.387 e. The van der Waals surface area contributed by atoms with Gasteiger partial charge in [-0.05, 0) is 30.2 Å². The first-order valence-electron chi connectivity index (χ1n) is 11.3. The molecule has 0 bridgehead atoms. The fourth-order valence-electron chi connectivity index (χ4n) is 4.90. The Balaban J connectivity index is 1.40. The predicted octanol–water partition coefficient (Wildman–Crippen LogP) is 1.27. The highest BCUT2D eigenvalue weighted by molar-refractivity contribution is 7.66. The average molecular weight is 463 g/mol. The Morgan fingerprint density at radius 2 is 2.03 bits per heavy atom. The van der Waals surface area contributed by atoms with Gasteiger partial charge in [0.25, 0.3) is 5.84 Å². The van der Waals surface area contributed by atoms with Gasteiger partial charge >= 0.3 is 0 Å². The van der Waals surface area contributed by atoms with Crippen molar-refractivity contribution < 1.29 is 24.0 Å². The number of hydrazone groups is 1. The summed E-state index contributed by atoms with van der Waals surface area (Å²) in [6, 6.07) is 0. The second-order valence-corrected chi connectivity index (χ2v) is 11.3. The summed E-state index contributed by atoms with van der Waals surface area (Å²) in [7, 11) is 0.973. The molecule has 0 radical (unpaired) electrons. The van der Waals surface area contributed by atoms with Gasteiger partial charge in [-0.1, -0.05) is 13.8 Å². The Bertz CT molecular complexity index is 1120. The molecule has 174 valence electrons. The Labute approximate surface area is 188 Å². The molecule has 1 fully saturated rings. The second-order valence-electron chi connectivity index (χ2n) is 8.87. The lowest BCUT2D eigenvalue weighted by molar-refractivity contribution is -0.529. The zero-order chi connectivity index (χ0) is 22.7. The van der Waals surface area contributed by atoms with E-state index in [9.17, 15) is 10.2 Å². The van der Waals surface area contributed by atoms with Crippen LogP contribution in [-0.2, 0) is 9.26 Å². The van der Waals surface area contributed by atoms with Crippen LogP contribution in [-0.4, -0.2) is 73.0 Å². The van der Waals surface area contributed by atoms with E-state index in [0.717, 1.165) is 24.2 Å². The highest BCUT2D eigenvalue weighted by Gasteiger charge is 2.48. The lowest BCUT2D eigenvalue weighted by Gasteiger charge is -2.21. The van der Waals surface area contributed by atoms with Gasteiger partial charge in [-0.25, -0.2) is 14.5 Å². The highest BCUT2D eigenvalue weighted by atomic mass is 31.1. The van der Waals surface area contributed by atoms with Crippen molar-refractivity contribution in [1.82, 2.24) is 14.5 Å². The standard InChI is InChI=1S/C21H32N6O4P/c1-6-13(31-32-11(3)15(32)7-2)8-14-17(28)18(29)21(30-14)27-10-26-12(4)24-25(5)19-16(26)20(27)23-9-22-19/h9-10,13-15,17-18,21,28-29,32H,6-8H2,1-5H3/q+1/t13?,14-,15?,17?,18-,21+/m1/s1. The number of aliphatic hydroxyl groups is 2. The summed E-state index contributed by atoms with van der Waals surface area (Å²) in [4.78, 5) is 8.80. The summed E-state index contributed by atoms with van der Waals surface area (Å²) >= 11 is 0. The third-order valence-corrected chi connectivity index (χ3v) is 9.74. The zero-order valence-corrected chi connectivity index (χ0v) is 20.1. The number of aromatic nitrogens is 4. The van der Waals surface area contributed by atoms with Crippen LogP contribution >= 0.6 is 7.77 Å². The number of anilines is 1. The minimum absolute atomic E-state index is 0.00590. The van der Waals surface area contributed by atoms with Crippen molar-refractivity contribution in [3.8, 4) is 0 Å². The molecule has 0 spiro atoms. The van der Waals surface area contributed by atoms with Crippen molar-refractivity contribution in [2.45, 2.75) is 83.3 Å². The molecule has 2 aromatic rings. The van der Waals surface area contributed by atoms with Crippen LogP contribution in [0.15, 0.2) is 17.8 Å². The van der Waals surface area contributed by atoms with Crippen molar-refractivity contribution in [3.63, 3.8) is 0 Å². The minimum Gasteiger partial charge on any atom is -0.387 e. The van der Waals surface area contributed by atoms with Gasteiger partial charge in [-0.15, -0.1) is 0 Å². The lowest BCUT2D eigenvalue weighted by Crippen LogP contribution is -2.45. The van der Waals surface area contributed by atoms with E-state index >= 15 is 0 Å². The van der Waals surface area contributed by atoms with Gasteiger partial charge in [0.05, 0.1) is 12.2 Å². The molecule has 0 aliphatic carbocycles. The van der Waals surface area contributed by atoms with Crippen LogP contribution in [0.3, 0.4) is 0 Å². The van der Waals surface area contributed by atoms with Crippen LogP contribution in [0.2, 0.25) is 0 Å². The van der Waals surface area contributed by atoms with Gasteiger partial charge in [0, 0.05) is 33.8 Å². The predicted molar refractivity (Wildman–Crippen MR) is 123 cm³/mol. The maximum Gasteiger partial charge on any atom is 0.264 e. The number of imidazole rings is 1. The topological polar surface area (TPSA) is 109 Å². The van der Waals surface area contributed by atoms with Gasteiger partial charge in [-0.3, -0.25) is 0 Å². The quantitative estimate of drug-likeness (QED) is 0.470. The number of ether oxygens (including phenoxy) is 1. The van der Waals surface area contributed by atoms with Gasteiger partial charge in [-0.2, -0.15) is 9.58 Å². The van der Waals surface area contributed by atoms with E-state index in [2.05, 4.69) is 35.8 Å². The molecule has 2 N–H and O–H groups in total. The molecule has 4 unspecified atom stereocenters. The molecule has 0 amide bonds. The van der Waals surface area contributed by atoms with E-state index in [-0.39, 0.29) is 6.10 Å². The van der Waals surface area contributed by atoms with E-state index in [1.165, 1.54) is 11.6 Å². The van der Waals surface area contributed by atoms with Crippen molar-refractivity contribution in [3.05, 3.63) is 12.7 Å². The summed E-state index contributed by atoms with van der Waals surface area (Å²) < 4.78 is 16.3. The SMILES string of the molecule is CCC(C[C@H]1O[C@H](n2c[n+]3c4c(ncnc42)N(C)N=C3C)[C@H](O)C1O)O[PH]1=C(C)C1CC. The maximum atomic E-state index is 10.9. The van der Waals surface area contributed by atoms with Crippen LogP contribution in [0.1, 0.15) is 53.2 Å². The average Bonchev–Trinajstić information content (AvgIpc) is 3.09. The third-order valence-electron chi connectivity index (χ3n) is 6.87. The van der Waals surface area contributed by atoms with E-state index < -0.39 is 32.3 Å². The highest BCUT2D eigenvalue weighted by Crippen LogP contribution is 2.53. The summed E-state index contributed by atoms with van der Waals surface area (Å²) in [5.74, 6) is 1.43. The van der Waals surface area contributed by atoms with Crippen molar-refractivity contribution in [2.24, 2.45) is 5.10 Å². The van der Waals surface area contributed by atoms with Crippen molar-refractivity contribution >= 4 is 35.9 Å². The Hall–Kier alpha value is -1.84. The molecule has 5 heterocycles. The molecular formula is C21H32N6O4P+. The number of rotatable bonds is 7. The first-order valence-corrected chi connectivity index (χ1v) is 12.8. The van der Waals surface area contributed by atoms with Crippen LogP contribution < -0.4 is 9.58 Å². The molecule has 3 aliphatic heterocycles. The molecule has 7 atom stereocenters. The van der Waals surface area contributed by atoms with E-state index in [1.807, 2.05) is 24.9 Å². The third kappa shape index (κ3) is 3.40. The summed E-state index contributed by atoms with van der Waals surface area (Å²) in [5.41, 5.74) is 2.05. The van der Waals surface area contributed by atoms with Crippen LogP contribution in [0.25, 0.3) is 11.2 Å². The molecular weight excluding hydrogens is 431 g/mol. The second kappa shape index (κ2) is 8.18. The van der Waals surface area contributed by atoms with Gasteiger partial charge < -0.3 is 19.5 Å². The first-order chi connectivity index (χ1) is 15.3. The molecule has 5 rings (SSSR count). The number of nitrogens with zero attached hydrogens (tertiary/aromatic N) is 6. The zero-order valence-electron chi connectivity index (χ0n) is 19.1. The monoisotopic (exact) mass is 463 g/mol. The molecule has 10 nitrogen and oxygen atoms in total. The fourth-order valence-corrected chi connectivity index (χ4v) is 7.35. The molecule has 3 aliphatic rings. The number of hydrogen-bond donors (Lipinski definition) is 2. The lowest BCUT2D eigenvalue weighted by atomic mass is 10.0. The van der Waals surface area contributed by atoms with E-state index in [4.69, 9.17) is 9.26 Å². The summed E-state index contributed by atoms with van der Waals surface area (Å²) in [6.07, 6.45) is 2.45. The van der Waals surface area contributed by atoms with Crippen molar-refractivity contribution in [1.29, 1.82) is 0 Å². The first kappa shape index (κ1) is 22.0. The summed E-state index contributed by atoms with van der Waals surface area (Å²) in [6.45, 7) is 8.38. The molecule has 0 saturated carbocycles. The Morgan fingerprint density at radius 3 is 2.72 bits per heavy atom. The smallest absolute Gasteiger partial charge is 0.264 e. The van der Waals surface area contributed by atoms with Crippen LogP contribution in [0.4, 0.5) is 5.82 Å². The van der Waals surface area contributed by atoms with Crippen LogP contribution in [0, 0.1) is 0 Å². The Kier molecular flexibility index (Phi) is 5.62. The van der Waals surface area contributed by atoms with Gasteiger partial charge in [0.2, 0.25) is 23.2 Å². The molecule has 11 heteroatoms. The molecule has 32 heavy (non-hydrogen) atoms. The van der Waals surface area contributed by atoms with E-state index in [1.54, 1.807) is 9.58 Å². The Morgan fingerprint density at radius 1 is 1.25 bits per heavy atom. The number of aliphatic hydroxyl groups excluding tert-OH is 2. The van der Waals surface area contributed by atoms with Gasteiger partial charge in [0.1, 0.15) is 18.5 Å². The molecule has 0 aromatic carbocycles. The molecule has 2 aromatic heterocycles. The van der Waals surface area contributed by atoms with E-state index in [0.29, 0.717) is 23.5 Å². The van der Waals surface area contributed by atoms with Gasteiger partial charge in [0.15, 0.2) is 6.33 Å². The normalized spacial score (nSPS) is 32.5. The summed E-state index contributed by atoms with van der Waals surface area (Å²) in [5, 5.41) is 29.4. The molecule has 1 saturated heterocycles.